The van der Waals surface area contributed by atoms with E-state index in [4.69, 9.17) is 0 Å². The van der Waals surface area contributed by atoms with E-state index in [1.165, 1.54) is 18.5 Å². The van der Waals surface area contributed by atoms with Gasteiger partial charge in [-0.25, -0.2) is 14.4 Å². The molecule has 0 aliphatic heterocycles. The highest BCUT2D eigenvalue weighted by Gasteiger charge is 2.14. The second-order valence-corrected chi connectivity index (χ2v) is 6.58. The van der Waals surface area contributed by atoms with Gasteiger partial charge in [-0.15, -0.1) is 21.6 Å². The lowest BCUT2D eigenvalue weighted by atomic mass is 10.2. The number of benzene rings is 1. The van der Waals surface area contributed by atoms with Crippen molar-refractivity contribution in [2.45, 2.75) is 13.8 Å². The Kier molecular flexibility index (Phi) is 3.27. The van der Waals surface area contributed by atoms with Crippen LogP contribution in [0, 0.1) is 19.7 Å². The quantitative estimate of drug-likeness (QED) is 0.500. The maximum Gasteiger partial charge on any atom is 0.218 e. The Balaban J connectivity index is 1.87. The monoisotopic (exact) mass is 341 g/mol. The number of H-pyrrole nitrogens is 1. The molecule has 4 rings (SSSR count). The van der Waals surface area contributed by atoms with Crippen molar-refractivity contribution in [1.29, 1.82) is 0 Å². The minimum atomic E-state index is -0.410. The summed E-state index contributed by atoms with van der Waals surface area (Å²) in [5.74, 6) is -0.151. The fourth-order valence-corrected chi connectivity index (χ4v) is 3.57. The molecule has 3 heterocycles. The first kappa shape index (κ1) is 14.7. The molecule has 0 atom stereocenters. The van der Waals surface area contributed by atoms with Gasteiger partial charge in [0.25, 0.3) is 0 Å². The van der Waals surface area contributed by atoms with Crippen LogP contribution >= 0.6 is 11.3 Å². The van der Waals surface area contributed by atoms with Gasteiger partial charge < -0.3 is 10.1 Å². The summed E-state index contributed by atoms with van der Waals surface area (Å²) in [6.45, 7) is 3.99. The predicted octanol–water partition coefficient (Wildman–Crippen LogP) is 5.05. The highest BCUT2D eigenvalue weighted by molar-refractivity contribution is 7.18. The van der Waals surface area contributed by atoms with Crippen LogP contribution in [0.4, 0.5) is 15.9 Å². The maximum absolute atomic E-state index is 13.5. The van der Waals surface area contributed by atoms with E-state index < -0.39 is 5.82 Å². The summed E-state index contributed by atoms with van der Waals surface area (Å²) in [5.41, 5.74) is 1.82. The Labute approximate surface area is 139 Å². The third kappa shape index (κ3) is 2.23. The van der Waals surface area contributed by atoms with Crippen LogP contribution in [-0.2, 0) is 0 Å². The number of nitrogens with one attached hydrogen (secondary N) is 1. The Morgan fingerprint density at radius 3 is 2.88 bits per heavy atom. The fourth-order valence-electron chi connectivity index (χ4n) is 2.57. The summed E-state index contributed by atoms with van der Waals surface area (Å²) >= 11 is 1.57. The summed E-state index contributed by atoms with van der Waals surface area (Å²) in [6.07, 6.45) is 1.43. The molecule has 0 saturated heterocycles. The van der Waals surface area contributed by atoms with E-state index in [1.807, 2.05) is 13.8 Å². The van der Waals surface area contributed by atoms with E-state index in [0.29, 0.717) is 16.7 Å². The van der Waals surface area contributed by atoms with Gasteiger partial charge in [0, 0.05) is 10.3 Å². The average Bonchev–Trinajstić information content (AvgIpc) is 3.02. The summed E-state index contributed by atoms with van der Waals surface area (Å²) in [4.78, 5) is 13.1. The van der Waals surface area contributed by atoms with Gasteiger partial charge in [-0.1, -0.05) is 0 Å². The van der Waals surface area contributed by atoms with E-state index in [1.54, 1.807) is 17.4 Å². The van der Waals surface area contributed by atoms with Crippen molar-refractivity contribution >= 4 is 44.0 Å². The van der Waals surface area contributed by atoms with Crippen molar-refractivity contribution in [3.63, 3.8) is 0 Å². The predicted molar refractivity (Wildman–Crippen MR) is 91.0 cm³/mol. The molecule has 0 spiro atoms. The third-order valence-corrected chi connectivity index (χ3v) is 5.02. The molecule has 0 aliphatic rings. The van der Waals surface area contributed by atoms with Gasteiger partial charge in [0.05, 0.1) is 10.9 Å². The number of azo groups is 1. The molecular weight excluding hydrogens is 329 g/mol. The SMILES string of the molecule is Cc1sc2ncnc(N=Nc3c(O)[nH]c4ccc(F)cc34)c2c1C. The lowest BCUT2D eigenvalue weighted by molar-refractivity contribution is 0.459. The standard InChI is InChI=1S/C16H12FN5OS/c1-7-8(2)24-16-12(7)14(18-6-19-16)22-21-13-10-5-9(17)3-4-11(10)20-15(13)23/h3-6,20,23H,1-2H3. The van der Waals surface area contributed by atoms with Gasteiger partial charge in [0.1, 0.15) is 17.0 Å². The van der Waals surface area contributed by atoms with Crippen molar-refractivity contribution in [3.8, 4) is 5.88 Å². The number of aryl methyl sites for hydroxylation is 2. The van der Waals surface area contributed by atoms with Crippen LogP contribution in [0.1, 0.15) is 10.4 Å². The van der Waals surface area contributed by atoms with Crippen molar-refractivity contribution in [3.05, 3.63) is 40.8 Å². The Hall–Kier alpha value is -2.87. The molecule has 0 bridgehead atoms. The molecule has 4 aromatic rings. The molecule has 0 aliphatic carbocycles. The fraction of sp³-hybridized carbons (Fsp3) is 0.125. The van der Waals surface area contributed by atoms with E-state index in [-0.39, 0.29) is 11.6 Å². The van der Waals surface area contributed by atoms with Gasteiger partial charge in [0.2, 0.25) is 5.88 Å². The number of aromatic amines is 1. The molecule has 2 N–H and O–H groups in total. The highest BCUT2D eigenvalue weighted by Crippen LogP contribution is 2.38. The molecule has 120 valence electrons. The van der Waals surface area contributed by atoms with E-state index >= 15 is 0 Å². The molecule has 0 radical (unpaired) electrons. The van der Waals surface area contributed by atoms with E-state index in [2.05, 4.69) is 25.2 Å². The van der Waals surface area contributed by atoms with Gasteiger partial charge >= 0.3 is 0 Å². The first-order valence-corrected chi connectivity index (χ1v) is 7.99. The van der Waals surface area contributed by atoms with Crippen molar-refractivity contribution < 1.29 is 9.50 Å². The number of aromatic hydroxyl groups is 1. The summed E-state index contributed by atoms with van der Waals surface area (Å²) in [6, 6.07) is 4.15. The lowest BCUT2D eigenvalue weighted by Gasteiger charge is -1.96. The number of aromatic nitrogens is 3. The first-order valence-electron chi connectivity index (χ1n) is 7.17. The van der Waals surface area contributed by atoms with E-state index in [9.17, 15) is 9.50 Å². The maximum atomic E-state index is 13.5. The van der Waals surface area contributed by atoms with Crippen molar-refractivity contribution in [2.75, 3.05) is 0 Å². The number of halogens is 1. The summed E-state index contributed by atoms with van der Waals surface area (Å²) in [7, 11) is 0. The molecule has 0 saturated carbocycles. The molecular formula is C16H12FN5OS. The average molecular weight is 341 g/mol. The Bertz CT molecular complexity index is 1110. The van der Waals surface area contributed by atoms with Crippen LogP contribution in [-0.4, -0.2) is 20.1 Å². The van der Waals surface area contributed by atoms with Crippen LogP contribution in [0.3, 0.4) is 0 Å². The van der Waals surface area contributed by atoms with Crippen molar-refractivity contribution in [2.24, 2.45) is 10.2 Å². The number of nitrogens with zero attached hydrogens (tertiary/aromatic N) is 4. The number of fused-ring (bicyclic) bond motifs is 2. The number of rotatable bonds is 2. The second-order valence-electron chi connectivity index (χ2n) is 5.37. The van der Waals surface area contributed by atoms with Gasteiger partial charge in [-0.05, 0) is 37.6 Å². The number of hydrogen-bond acceptors (Lipinski definition) is 6. The first-order chi connectivity index (χ1) is 11.5. The zero-order valence-electron chi connectivity index (χ0n) is 12.8. The van der Waals surface area contributed by atoms with Crippen LogP contribution < -0.4 is 0 Å². The number of hydrogen-bond donors (Lipinski definition) is 2. The van der Waals surface area contributed by atoms with E-state index in [0.717, 1.165) is 20.7 Å². The summed E-state index contributed by atoms with van der Waals surface area (Å²) in [5, 5.41) is 19.6. The third-order valence-electron chi connectivity index (χ3n) is 3.90. The van der Waals surface area contributed by atoms with Gasteiger partial charge in [-0.2, -0.15) is 0 Å². The highest BCUT2D eigenvalue weighted by atomic mass is 32.1. The smallest absolute Gasteiger partial charge is 0.218 e. The molecule has 0 fully saturated rings. The minimum absolute atomic E-state index is 0.164. The van der Waals surface area contributed by atoms with Crippen LogP contribution in [0.2, 0.25) is 0 Å². The molecule has 6 nitrogen and oxygen atoms in total. The lowest BCUT2D eigenvalue weighted by Crippen LogP contribution is -1.80. The van der Waals surface area contributed by atoms with Crippen LogP contribution in [0.25, 0.3) is 21.1 Å². The van der Waals surface area contributed by atoms with Gasteiger partial charge in [-0.3, -0.25) is 0 Å². The zero-order valence-corrected chi connectivity index (χ0v) is 13.6. The molecule has 24 heavy (non-hydrogen) atoms. The molecule has 8 heteroatoms. The number of thiophene rings is 1. The molecule has 0 amide bonds. The Morgan fingerprint density at radius 1 is 1.21 bits per heavy atom. The molecule has 1 aromatic carbocycles. The second kappa shape index (κ2) is 5.34. The zero-order chi connectivity index (χ0) is 16.8. The largest absolute Gasteiger partial charge is 0.493 e. The van der Waals surface area contributed by atoms with Crippen LogP contribution in [0.5, 0.6) is 5.88 Å². The normalized spacial score (nSPS) is 12.0. The van der Waals surface area contributed by atoms with Gasteiger partial charge in [0.15, 0.2) is 11.5 Å². The summed E-state index contributed by atoms with van der Waals surface area (Å²) < 4.78 is 13.5. The van der Waals surface area contributed by atoms with Crippen LogP contribution in [0.15, 0.2) is 34.8 Å². The van der Waals surface area contributed by atoms with Crippen molar-refractivity contribution in [1.82, 2.24) is 15.0 Å². The minimum Gasteiger partial charge on any atom is -0.493 e. The molecule has 3 aromatic heterocycles. The topological polar surface area (TPSA) is 86.5 Å². The Morgan fingerprint density at radius 2 is 2.04 bits per heavy atom. The molecule has 0 unspecified atom stereocenters.